The zero-order valence-corrected chi connectivity index (χ0v) is 12.5. The van der Waals surface area contributed by atoms with Crippen LogP contribution < -0.4 is 0 Å². The van der Waals surface area contributed by atoms with Crippen molar-refractivity contribution in [2.24, 2.45) is 5.92 Å². The number of aliphatic hydroxyl groups excluding tert-OH is 2. The molecule has 0 spiro atoms. The van der Waals surface area contributed by atoms with E-state index in [1.54, 1.807) is 0 Å². The van der Waals surface area contributed by atoms with Crippen LogP contribution in [0.2, 0.25) is 0 Å². The van der Waals surface area contributed by atoms with Gasteiger partial charge in [-0.15, -0.1) is 0 Å². The Morgan fingerprint density at radius 3 is 1.44 bits per heavy atom. The second-order valence-corrected chi connectivity index (χ2v) is 5.99. The van der Waals surface area contributed by atoms with Gasteiger partial charge in [-0.05, 0) is 12.3 Å². The minimum absolute atomic E-state index is 0.0869. The highest BCUT2D eigenvalue weighted by molar-refractivity contribution is 4.54. The zero-order valence-electron chi connectivity index (χ0n) is 12.5. The summed E-state index contributed by atoms with van der Waals surface area (Å²) in [4.78, 5) is 0. The van der Waals surface area contributed by atoms with Crippen LogP contribution in [-0.4, -0.2) is 22.9 Å². The van der Waals surface area contributed by atoms with E-state index in [1.165, 1.54) is 57.8 Å². The molecule has 0 radical (unpaired) electrons. The first-order chi connectivity index (χ1) is 8.66. The molecule has 0 aromatic heterocycles. The molecule has 0 aromatic carbocycles. The van der Waals surface area contributed by atoms with E-state index in [4.69, 9.17) is 5.11 Å². The molecule has 2 heteroatoms. The summed E-state index contributed by atoms with van der Waals surface area (Å²) >= 11 is 0. The first kappa shape index (κ1) is 17.9. The second-order valence-electron chi connectivity index (χ2n) is 5.99. The molecule has 0 amide bonds. The van der Waals surface area contributed by atoms with Crippen LogP contribution in [0.5, 0.6) is 0 Å². The summed E-state index contributed by atoms with van der Waals surface area (Å²) in [5.74, 6) is 0.860. The Morgan fingerprint density at radius 2 is 1.06 bits per heavy atom. The second kappa shape index (κ2) is 13.4. The van der Waals surface area contributed by atoms with Crippen LogP contribution in [0.15, 0.2) is 0 Å². The predicted octanol–water partition coefficient (Wildman–Crippen LogP) is 4.29. The van der Waals surface area contributed by atoms with Gasteiger partial charge in [0.2, 0.25) is 0 Å². The molecule has 0 heterocycles. The van der Waals surface area contributed by atoms with Crippen LogP contribution in [0, 0.1) is 5.92 Å². The highest BCUT2D eigenvalue weighted by Crippen LogP contribution is 2.13. The fourth-order valence-electron chi connectivity index (χ4n) is 2.26. The molecule has 0 aliphatic heterocycles. The van der Waals surface area contributed by atoms with E-state index in [-0.39, 0.29) is 6.61 Å². The molecule has 0 bridgehead atoms. The third-order valence-electron chi connectivity index (χ3n) is 3.53. The standard InChI is InChI=1S/C16H34O2/c1-15(2)12-10-8-6-4-3-5-7-9-11-13-16(18)14-17/h15-18H,3-14H2,1-2H3/t16-/m0/s1. The van der Waals surface area contributed by atoms with Crippen LogP contribution in [0.1, 0.15) is 84.5 Å². The Bertz CT molecular complexity index is 157. The number of rotatable bonds is 13. The quantitative estimate of drug-likeness (QED) is 0.484. The van der Waals surface area contributed by atoms with Gasteiger partial charge >= 0.3 is 0 Å². The van der Waals surface area contributed by atoms with Crippen molar-refractivity contribution in [3.8, 4) is 0 Å². The molecule has 0 saturated heterocycles. The van der Waals surface area contributed by atoms with Gasteiger partial charge in [-0.3, -0.25) is 0 Å². The first-order valence-corrected chi connectivity index (χ1v) is 7.95. The highest BCUT2D eigenvalue weighted by atomic mass is 16.3. The van der Waals surface area contributed by atoms with Crippen LogP contribution in [0.4, 0.5) is 0 Å². The maximum absolute atomic E-state index is 9.17. The van der Waals surface area contributed by atoms with Crippen LogP contribution in [-0.2, 0) is 0 Å². The van der Waals surface area contributed by atoms with E-state index in [9.17, 15) is 5.11 Å². The zero-order chi connectivity index (χ0) is 13.6. The van der Waals surface area contributed by atoms with Crippen molar-refractivity contribution in [3.63, 3.8) is 0 Å². The van der Waals surface area contributed by atoms with E-state index < -0.39 is 6.10 Å². The summed E-state index contributed by atoms with van der Waals surface area (Å²) in [7, 11) is 0. The Morgan fingerprint density at radius 1 is 0.667 bits per heavy atom. The molecular formula is C16H34O2. The minimum Gasteiger partial charge on any atom is -0.394 e. The van der Waals surface area contributed by atoms with Crippen molar-refractivity contribution in [2.75, 3.05) is 6.61 Å². The van der Waals surface area contributed by atoms with E-state index in [1.807, 2.05) is 0 Å². The Kier molecular flexibility index (Phi) is 13.3. The average molecular weight is 258 g/mol. The van der Waals surface area contributed by atoms with Crippen molar-refractivity contribution >= 4 is 0 Å². The molecule has 0 unspecified atom stereocenters. The van der Waals surface area contributed by atoms with Crippen molar-refractivity contribution in [2.45, 2.75) is 90.6 Å². The van der Waals surface area contributed by atoms with Gasteiger partial charge in [-0.25, -0.2) is 0 Å². The van der Waals surface area contributed by atoms with Crippen molar-refractivity contribution in [3.05, 3.63) is 0 Å². The lowest BCUT2D eigenvalue weighted by Gasteiger charge is -2.06. The number of aliphatic hydroxyl groups is 2. The molecule has 0 aliphatic rings. The predicted molar refractivity (Wildman–Crippen MR) is 78.7 cm³/mol. The van der Waals surface area contributed by atoms with Crippen molar-refractivity contribution < 1.29 is 10.2 Å². The lowest BCUT2D eigenvalue weighted by atomic mass is 10.0. The lowest BCUT2D eigenvalue weighted by molar-refractivity contribution is 0.0860. The summed E-state index contributed by atoms with van der Waals surface area (Å²) in [6.45, 7) is 4.51. The molecule has 2 N–H and O–H groups in total. The van der Waals surface area contributed by atoms with Gasteiger partial charge in [0.1, 0.15) is 0 Å². The average Bonchev–Trinajstić information content (AvgIpc) is 2.35. The summed E-state index contributed by atoms with van der Waals surface area (Å²) in [6, 6.07) is 0. The van der Waals surface area contributed by atoms with Crippen LogP contribution in [0.25, 0.3) is 0 Å². The topological polar surface area (TPSA) is 40.5 Å². The smallest absolute Gasteiger partial charge is 0.0770 e. The van der Waals surface area contributed by atoms with Gasteiger partial charge in [-0.2, -0.15) is 0 Å². The van der Waals surface area contributed by atoms with Gasteiger partial charge in [0.15, 0.2) is 0 Å². The number of unbranched alkanes of at least 4 members (excludes halogenated alkanes) is 8. The van der Waals surface area contributed by atoms with Gasteiger partial charge in [0.05, 0.1) is 12.7 Å². The summed E-state index contributed by atoms with van der Waals surface area (Å²) < 4.78 is 0. The third-order valence-corrected chi connectivity index (χ3v) is 3.53. The SMILES string of the molecule is CC(C)CCCCCCCCCCC[C@H](O)CO. The fraction of sp³-hybridized carbons (Fsp3) is 1.00. The van der Waals surface area contributed by atoms with Gasteiger partial charge < -0.3 is 10.2 Å². The third kappa shape index (κ3) is 14.0. The molecule has 110 valence electrons. The Labute approximate surface area is 114 Å². The normalized spacial score (nSPS) is 13.2. The monoisotopic (exact) mass is 258 g/mol. The van der Waals surface area contributed by atoms with Gasteiger partial charge in [-0.1, -0.05) is 78.1 Å². The molecule has 0 aromatic rings. The number of hydrogen-bond donors (Lipinski definition) is 2. The molecule has 2 nitrogen and oxygen atoms in total. The molecule has 18 heavy (non-hydrogen) atoms. The maximum Gasteiger partial charge on any atom is 0.0770 e. The summed E-state index contributed by atoms with van der Waals surface area (Å²) in [5.41, 5.74) is 0. The van der Waals surface area contributed by atoms with E-state index in [0.29, 0.717) is 0 Å². The summed E-state index contributed by atoms with van der Waals surface area (Å²) in [6.07, 6.45) is 13.5. The first-order valence-electron chi connectivity index (χ1n) is 7.95. The molecule has 1 atom stereocenters. The van der Waals surface area contributed by atoms with E-state index in [2.05, 4.69) is 13.8 Å². The number of hydrogen-bond acceptors (Lipinski definition) is 2. The van der Waals surface area contributed by atoms with Crippen molar-refractivity contribution in [1.82, 2.24) is 0 Å². The molecule has 0 rings (SSSR count). The molecule has 0 aliphatic carbocycles. The van der Waals surface area contributed by atoms with Crippen LogP contribution >= 0.6 is 0 Å². The van der Waals surface area contributed by atoms with Gasteiger partial charge in [0, 0.05) is 0 Å². The highest BCUT2D eigenvalue weighted by Gasteiger charge is 2.00. The Hall–Kier alpha value is -0.0800. The molecule has 0 fully saturated rings. The molecular weight excluding hydrogens is 224 g/mol. The fourth-order valence-corrected chi connectivity index (χ4v) is 2.26. The van der Waals surface area contributed by atoms with E-state index >= 15 is 0 Å². The van der Waals surface area contributed by atoms with Gasteiger partial charge in [0.25, 0.3) is 0 Å². The summed E-state index contributed by atoms with van der Waals surface area (Å²) in [5, 5.41) is 17.8. The van der Waals surface area contributed by atoms with Crippen LogP contribution in [0.3, 0.4) is 0 Å². The van der Waals surface area contributed by atoms with E-state index in [0.717, 1.165) is 18.8 Å². The maximum atomic E-state index is 9.17. The van der Waals surface area contributed by atoms with Crippen molar-refractivity contribution in [1.29, 1.82) is 0 Å². The largest absolute Gasteiger partial charge is 0.394 e. The Balaban J connectivity index is 2.99. The molecule has 0 saturated carbocycles. The lowest BCUT2D eigenvalue weighted by Crippen LogP contribution is -2.10. The minimum atomic E-state index is -0.494.